The highest BCUT2D eigenvalue weighted by Crippen LogP contribution is 2.15. The van der Waals surface area contributed by atoms with Gasteiger partial charge in [0.05, 0.1) is 13.8 Å². The van der Waals surface area contributed by atoms with Gasteiger partial charge in [-0.25, -0.2) is 0 Å². The second kappa shape index (κ2) is 5.48. The van der Waals surface area contributed by atoms with Crippen LogP contribution < -0.4 is 0 Å². The summed E-state index contributed by atoms with van der Waals surface area (Å²) in [5, 5.41) is 9.43. The predicted molar refractivity (Wildman–Crippen MR) is 49.3 cm³/mol. The molecule has 0 amide bonds. The smallest absolute Gasteiger partial charge is 0.196 e. The first-order valence-corrected chi connectivity index (χ1v) is 4.56. The van der Waals surface area contributed by atoms with Gasteiger partial charge in [0.2, 0.25) is 0 Å². The molecule has 66 valence electrons. The van der Waals surface area contributed by atoms with Crippen molar-refractivity contribution in [1.82, 2.24) is 0 Å². The highest BCUT2D eigenvalue weighted by molar-refractivity contribution is 4.86. The summed E-state index contributed by atoms with van der Waals surface area (Å²) in [7, 11) is 0. The molecule has 0 aliphatic carbocycles. The van der Waals surface area contributed by atoms with Gasteiger partial charge in [-0.1, -0.05) is 20.3 Å². The predicted octanol–water partition coefficient (Wildman–Crippen LogP) is 2.79. The minimum atomic E-state index is -0.177. The Hall–Kier alpha value is -0.170. The first-order chi connectivity index (χ1) is 5.07. The fourth-order valence-electron chi connectivity index (χ4n) is 0.935. The van der Waals surface area contributed by atoms with Crippen molar-refractivity contribution < 1.29 is 5.11 Å². The summed E-state index contributed by atoms with van der Waals surface area (Å²) in [6, 6.07) is 0. The molecule has 11 heavy (non-hydrogen) atoms. The maximum atomic E-state index is 9.43. The Bertz CT molecular complexity index is 88.9. The lowest BCUT2D eigenvalue weighted by atomic mass is 9.96. The molecule has 0 fully saturated rings. The van der Waals surface area contributed by atoms with Gasteiger partial charge in [-0.3, -0.25) is 0 Å². The molecule has 1 nitrogen and oxygen atoms in total. The van der Waals surface area contributed by atoms with Crippen LogP contribution in [0.15, 0.2) is 0 Å². The minimum Gasteiger partial charge on any atom is -0.353 e. The second-order valence-electron chi connectivity index (χ2n) is 3.68. The molecule has 0 bridgehead atoms. The monoisotopic (exact) mass is 157 g/mol. The van der Waals surface area contributed by atoms with E-state index in [0.717, 1.165) is 24.7 Å². The lowest BCUT2D eigenvalue weighted by Gasteiger charge is -2.09. The number of aliphatic hydroxyl groups is 1. The van der Waals surface area contributed by atoms with Gasteiger partial charge in [0.1, 0.15) is 5.92 Å². The first-order valence-electron chi connectivity index (χ1n) is 4.56. The average Bonchev–Trinajstić information content (AvgIpc) is 1.99. The summed E-state index contributed by atoms with van der Waals surface area (Å²) in [5.41, 5.74) is 0. The van der Waals surface area contributed by atoms with Crippen molar-refractivity contribution >= 4 is 0 Å². The Morgan fingerprint density at radius 1 is 1.27 bits per heavy atom. The molecule has 0 aromatic heterocycles. The first kappa shape index (κ1) is 10.8. The maximum absolute atomic E-state index is 9.43. The fraction of sp³-hybridized carbons (Fsp3) is 0.900. The van der Waals surface area contributed by atoms with Gasteiger partial charge in [-0.05, 0) is 12.3 Å². The molecule has 2 atom stereocenters. The van der Waals surface area contributed by atoms with E-state index >= 15 is 0 Å². The van der Waals surface area contributed by atoms with E-state index < -0.39 is 0 Å². The number of aliphatic hydroxyl groups excluding tert-OH is 1. The lowest BCUT2D eigenvalue weighted by molar-refractivity contribution is 0.168. The molecule has 2 unspecified atom stereocenters. The summed E-state index contributed by atoms with van der Waals surface area (Å²) in [6.07, 6.45) is 3.11. The molecular formula is C10H21O+. The van der Waals surface area contributed by atoms with E-state index in [0.29, 0.717) is 0 Å². The highest BCUT2D eigenvalue weighted by Gasteiger charge is 2.18. The third-order valence-electron chi connectivity index (χ3n) is 2.30. The van der Waals surface area contributed by atoms with Crippen LogP contribution in [0.3, 0.4) is 0 Å². The summed E-state index contributed by atoms with van der Waals surface area (Å²) >= 11 is 0. The average molecular weight is 157 g/mol. The van der Waals surface area contributed by atoms with Gasteiger partial charge in [0.25, 0.3) is 0 Å². The van der Waals surface area contributed by atoms with Crippen LogP contribution in [-0.4, -0.2) is 11.2 Å². The molecule has 0 spiro atoms. The zero-order valence-corrected chi connectivity index (χ0v) is 8.22. The molecule has 0 aromatic rings. The molecule has 1 N–H and O–H groups in total. The lowest BCUT2D eigenvalue weighted by Crippen LogP contribution is -2.13. The molecule has 1 heteroatoms. The van der Waals surface area contributed by atoms with E-state index in [-0.39, 0.29) is 6.10 Å². The Morgan fingerprint density at radius 2 is 1.82 bits per heavy atom. The van der Waals surface area contributed by atoms with Crippen molar-refractivity contribution in [2.45, 2.75) is 53.1 Å². The Morgan fingerprint density at radius 3 is 2.18 bits per heavy atom. The van der Waals surface area contributed by atoms with Gasteiger partial charge >= 0.3 is 0 Å². The summed E-state index contributed by atoms with van der Waals surface area (Å²) < 4.78 is 0. The van der Waals surface area contributed by atoms with Crippen molar-refractivity contribution in [3.8, 4) is 0 Å². The topological polar surface area (TPSA) is 20.2 Å². The third-order valence-corrected chi connectivity index (χ3v) is 2.30. The van der Waals surface area contributed by atoms with E-state index in [1.54, 1.807) is 0 Å². The zero-order valence-electron chi connectivity index (χ0n) is 8.22. The molecule has 0 saturated heterocycles. The van der Waals surface area contributed by atoms with E-state index in [2.05, 4.69) is 13.8 Å². The Kier molecular flexibility index (Phi) is 5.39. The summed E-state index contributed by atoms with van der Waals surface area (Å²) in [5.74, 6) is 1.89. The zero-order chi connectivity index (χ0) is 8.85. The van der Waals surface area contributed by atoms with Crippen LogP contribution in [0.5, 0.6) is 0 Å². The Labute approximate surface area is 70.8 Å². The number of hydrogen-bond acceptors (Lipinski definition) is 1. The van der Waals surface area contributed by atoms with Crippen molar-refractivity contribution in [3.63, 3.8) is 0 Å². The Balaban J connectivity index is 3.37. The van der Waals surface area contributed by atoms with Crippen LogP contribution >= 0.6 is 0 Å². The third kappa shape index (κ3) is 5.14. The van der Waals surface area contributed by atoms with Gasteiger partial charge in [-0.15, -0.1) is 0 Å². The summed E-state index contributed by atoms with van der Waals surface area (Å²) in [4.78, 5) is 0. The maximum Gasteiger partial charge on any atom is 0.196 e. The van der Waals surface area contributed by atoms with Crippen molar-refractivity contribution in [2.24, 2.45) is 5.92 Å². The fourth-order valence-corrected chi connectivity index (χ4v) is 0.935. The largest absolute Gasteiger partial charge is 0.353 e. The molecule has 0 aliphatic heterocycles. The quantitative estimate of drug-likeness (QED) is 0.608. The van der Waals surface area contributed by atoms with Crippen molar-refractivity contribution in [1.29, 1.82) is 0 Å². The van der Waals surface area contributed by atoms with Crippen LogP contribution in [0.2, 0.25) is 0 Å². The van der Waals surface area contributed by atoms with E-state index in [9.17, 15) is 5.11 Å². The van der Waals surface area contributed by atoms with E-state index in [1.165, 1.54) is 6.42 Å². The van der Waals surface area contributed by atoms with Crippen LogP contribution in [0.4, 0.5) is 0 Å². The van der Waals surface area contributed by atoms with Crippen LogP contribution in [0, 0.1) is 11.8 Å². The van der Waals surface area contributed by atoms with Crippen LogP contribution in [0.25, 0.3) is 0 Å². The van der Waals surface area contributed by atoms with Crippen molar-refractivity contribution in [3.05, 3.63) is 5.92 Å². The standard InChI is InChI=1S/C10H21O/c1-5-9(4)6-7-10(11)8(2)3/h9-11H,5-7H2,1-4H3/q+1. The molecule has 0 aliphatic rings. The van der Waals surface area contributed by atoms with Crippen LogP contribution in [-0.2, 0) is 0 Å². The minimum absolute atomic E-state index is 0.177. The SMILES string of the molecule is CCC(C)CCC(O)[C+](C)C. The highest BCUT2D eigenvalue weighted by atomic mass is 16.3. The number of hydrogen-bond donors (Lipinski definition) is 1. The molecule has 0 aromatic carbocycles. The normalized spacial score (nSPS) is 16.1. The van der Waals surface area contributed by atoms with Gasteiger partial charge in [-0.2, -0.15) is 0 Å². The summed E-state index contributed by atoms with van der Waals surface area (Å²) in [6.45, 7) is 8.40. The molecule has 0 heterocycles. The van der Waals surface area contributed by atoms with Crippen LogP contribution in [0.1, 0.15) is 47.0 Å². The van der Waals surface area contributed by atoms with E-state index in [1.807, 2.05) is 13.8 Å². The second-order valence-corrected chi connectivity index (χ2v) is 3.68. The van der Waals surface area contributed by atoms with Gasteiger partial charge in [0, 0.05) is 6.42 Å². The van der Waals surface area contributed by atoms with Gasteiger partial charge < -0.3 is 5.11 Å². The van der Waals surface area contributed by atoms with Gasteiger partial charge in [0.15, 0.2) is 6.10 Å². The molecule has 0 radical (unpaired) electrons. The molecule has 0 saturated carbocycles. The van der Waals surface area contributed by atoms with E-state index in [4.69, 9.17) is 0 Å². The molecule has 0 rings (SSSR count). The van der Waals surface area contributed by atoms with Crippen molar-refractivity contribution in [2.75, 3.05) is 0 Å². The molecular weight excluding hydrogens is 136 g/mol. The number of rotatable bonds is 5.